The number of carbonyl (C=O) groups excluding carboxylic acids is 1. The minimum absolute atomic E-state index is 0.0657. The Morgan fingerprint density at radius 3 is 3.08 bits per heavy atom. The molecule has 1 aliphatic heterocycles. The lowest BCUT2D eigenvalue weighted by atomic mass is 9.90. The van der Waals surface area contributed by atoms with E-state index in [-0.39, 0.29) is 23.6 Å². The summed E-state index contributed by atoms with van der Waals surface area (Å²) in [5.74, 6) is -0.464. The average Bonchev–Trinajstić information content (AvgIpc) is 3.34. The quantitative estimate of drug-likeness (QED) is 0.740. The number of amides is 1. The molecule has 2 aromatic heterocycles. The van der Waals surface area contributed by atoms with Crippen molar-refractivity contribution in [1.29, 1.82) is 0 Å². The SMILES string of the molecule is Cn1cc([C@H]2CNC[C@@H]2C(=O)Nc2nc(-c3cccc(F)c3)cs2)cn1. The van der Waals surface area contributed by atoms with Crippen molar-refractivity contribution in [2.75, 3.05) is 18.4 Å². The van der Waals surface area contributed by atoms with E-state index >= 15 is 0 Å². The topological polar surface area (TPSA) is 71.8 Å². The first-order valence-corrected chi connectivity index (χ1v) is 9.20. The fourth-order valence-electron chi connectivity index (χ4n) is 3.25. The normalized spacial score (nSPS) is 19.6. The van der Waals surface area contributed by atoms with Gasteiger partial charge in [-0.3, -0.25) is 9.48 Å². The van der Waals surface area contributed by atoms with Gasteiger partial charge in [-0.15, -0.1) is 11.3 Å². The zero-order chi connectivity index (χ0) is 18.1. The Bertz CT molecular complexity index is 937. The molecule has 1 aliphatic rings. The molecule has 134 valence electrons. The predicted molar refractivity (Wildman–Crippen MR) is 98.4 cm³/mol. The van der Waals surface area contributed by atoms with Crippen LogP contribution in [0.4, 0.5) is 9.52 Å². The summed E-state index contributed by atoms with van der Waals surface area (Å²) in [7, 11) is 1.87. The van der Waals surface area contributed by atoms with Crippen LogP contribution in [0.5, 0.6) is 0 Å². The van der Waals surface area contributed by atoms with E-state index in [0.717, 1.165) is 12.1 Å². The van der Waals surface area contributed by atoms with E-state index in [0.29, 0.717) is 22.9 Å². The third-order valence-corrected chi connectivity index (χ3v) is 5.32. The van der Waals surface area contributed by atoms with Gasteiger partial charge in [0.15, 0.2) is 5.13 Å². The molecule has 0 unspecified atom stereocenters. The number of hydrogen-bond acceptors (Lipinski definition) is 5. The Morgan fingerprint density at radius 2 is 2.31 bits per heavy atom. The lowest BCUT2D eigenvalue weighted by Crippen LogP contribution is -2.28. The number of aromatic nitrogens is 3. The minimum atomic E-state index is -0.308. The third kappa shape index (κ3) is 3.38. The maximum atomic E-state index is 13.4. The number of nitrogens with zero attached hydrogens (tertiary/aromatic N) is 3. The lowest BCUT2D eigenvalue weighted by molar-refractivity contribution is -0.119. The first kappa shape index (κ1) is 16.9. The Hall–Kier alpha value is -2.58. The van der Waals surface area contributed by atoms with E-state index in [2.05, 4.69) is 20.7 Å². The van der Waals surface area contributed by atoms with Crippen molar-refractivity contribution < 1.29 is 9.18 Å². The number of halogens is 1. The first-order chi connectivity index (χ1) is 12.6. The molecule has 8 heteroatoms. The van der Waals surface area contributed by atoms with Gasteiger partial charge in [0.05, 0.1) is 17.8 Å². The number of carbonyl (C=O) groups is 1. The highest BCUT2D eigenvalue weighted by Crippen LogP contribution is 2.30. The van der Waals surface area contributed by atoms with Gasteiger partial charge in [-0.2, -0.15) is 5.10 Å². The zero-order valence-corrected chi connectivity index (χ0v) is 15.0. The number of nitrogens with one attached hydrogen (secondary N) is 2. The van der Waals surface area contributed by atoms with Crippen LogP contribution in [0.2, 0.25) is 0 Å². The van der Waals surface area contributed by atoms with Crippen LogP contribution in [0.15, 0.2) is 42.0 Å². The van der Waals surface area contributed by atoms with E-state index in [1.807, 2.05) is 24.8 Å². The van der Waals surface area contributed by atoms with Gasteiger partial charge in [-0.25, -0.2) is 9.37 Å². The summed E-state index contributed by atoms with van der Waals surface area (Å²) in [6.45, 7) is 1.36. The van der Waals surface area contributed by atoms with Gasteiger partial charge in [0.2, 0.25) is 5.91 Å². The second-order valence-corrected chi connectivity index (χ2v) is 7.21. The van der Waals surface area contributed by atoms with E-state index in [1.54, 1.807) is 16.8 Å². The highest BCUT2D eigenvalue weighted by atomic mass is 32.1. The summed E-state index contributed by atoms with van der Waals surface area (Å²) in [5.41, 5.74) is 2.40. The molecule has 1 aromatic carbocycles. The molecule has 1 saturated heterocycles. The molecule has 0 radical (unpaired) electrons. The molecule has 3 aromatic rings. The summed E-state index contributed by atoms with van der Waals surface area (Å²) in [6.07, 6.45) is 3.76. The van der Waals surface area contributed by atoms with E-state index in [4.69, 9.17) is 0 Å². The summed E-state index contributed by atoms with van der Waals surface area (Å²) >= 11 is 1.34. The monoisotopic (exact) mass is 371 g/mol. The molecule has 4 rings (SSSR count). The molecule has 6 nitrogen and oxygen atoms in total. The van der Waals surface area contributed by atoms with E-state index in [1.165, 1.54) is 23.5 Å². The Labute approximate surface area is 154 Å². The largest absolute Gasteiger partial charge is 0.315 e. The molecule has 0 bridgehead atoms. The van der Waals surface area contributed by atoms with Gasteiger partial charge in [0.1, 0.15) is 5.82 Å². The maximum Gasteiger partial charge on any atom is 0.231 e. The van der Waals surface area contributed by atoms with Crippen LogP contribution in [0.1, 0.15) is 11.5 Å². The molecular formula is C18H18FN5OS. The van der Waals surface area contributed by atoms with Crippen molar-refractivity contribution in [2.24, 2.45) is 13.0 Å². The summed E-state index contributed by atoms with van der Waals surface area (Å²) < 4.78 is 15.1. The van der Waals surface area contributed by atoms with Crippen LogP contribution in [-0.4, -0.2) is 33.8 Å². The van der Waals surface area contributed by atoms with Crippen LogP contribution in [0.25, 0.3) is 11.3 Å². The van der Waals surface area contributed by atoms with Crippen molar-refractivity contribution in [3.63, 3.8) is 0 Å². The van der Waals surface area contributed by atoms with Crippen molar-refractivity contribution in [3.05, 3.63) is 53.4 Å². The van der Waals surface area contributed by atoms with Crippen molar-refractivity contribution in [3.8, 4) is 11.3 Å². The smallest absolute Gasteiger partial charge is 0.231 e. The number of hydrogen-bond donors (Lipinski definition) is 2. The van der Waals surface area contributed by atoms with E-state index in [9.17, 15) is 9.18 Å². The molecule has 0 spiro atoms. The number of rotatable bonds is 4. The zero-order valence-electron chi connectivity index (χ0n) is 14.1. The van der Waals surface area contributed by atoms with Gasteiger partial charge in [-0.1, -0.05) is 12.1 Å². The maximum absolute atomic E-state index is 13.4. The molecule has 2 N–H and O–H groups in total. The van der Waals surface area contributed by atoms with Crippen LogP contribution in [0.3, 0.4) is 0 Å². The van der Waals surface area contributed by atoms with Gasteiger partial charge < -0.3 is 10.6 Å². The molecule has 1 fully saturated rings. The molecule has 3 heterocycles. The van der Waals surface area contributed by atoms with Crippen LogP contribution in [0, 0.1) is 11.7 Å². The van der Waals surface area contributed by atoms with Crippen LogP contribution in [-0.2, 0) is 11.8 Å². The number of thiazole rings is 1. The molecule has 26 heavy (non-hydrogen) atoms. The second-order valence-electron chi connectivity index (χ2n) is 6.36. The van der Waals surface area contributed by atoms with Crippen molar-refractivity contribution in [2.45, 2.75) is 5.92 Å². The molecule has 0 aliphatic carbocycles. The van der Waals surface area contributed by atoms with Gasteiger partial charge in [0, 0.05) is 43.2 Å². The number of benzene rings is 1. The van der Waals surface area contributed by atoms with Crippen LogP contribution >= 0.6 is 11.3 Å². The Balaban J connectivity index is 1.48. The second kappa shape index (κ2) is 6.97. The minimum Gasteiger partial charge on any atom is -0.315 e. The molecule has 2 atom stereocenters. The highest BCUT2D eigenvalue weighted by molar-refractivity contribution is 7.14. The summed E-state index contributed by atoms with van der Waals surface area (Å²) in [4.78, 5) is 17.2. The molecular weight excluding hydrogens is 353 g/mol. The summed E-state index contributed by atoms with van der Waals surface area (Å²) in [5, 5.41) is 12.7. The molecule has 1 amide bonds. The number of anilines is 1. The third-order valence-electron chi connectivity index (χ3n) is 4.56. The Morgan fingerprint density at radius 1 is 1.42 bits per heavy atom. The number of aryl methyl sites for hydroxylation is 1. The van der Waals surface area contributed by atoms with Gasteiger partial charge in [0.25, 0.3) is 0 Å². The summed E-state index contributed by atoms with van der Waals surface area (Å²) in [6, 6.07) is 6.26. The van der Waals surface area contributed by atoms with Gasteiger partial charge >= 0.3 is 0 Å². The highest BCUT2D eigenvalue weighted by Gasteiger charge is 2.35. The standard InChI is InChI=1S/C18H18FN5OS/c1-24-9-12(6-21-24)14-7-20-8-15(14)17(25)23-18-22-16(10-26-18)11-3-2-4-13(19)5-11/h2-6,9-10,14-15,20H,7-8H2,1H3,(H,22,23,25)/t14-,15+/m1/s1. The predicted octanol–water partition coefficient (Wildman–Crippen LogP) is 2.62. The van der Waals surface area contributed by atoms with Gasteiger partial charge in [-0.05, 0) is 17.7 Å². The fraction of sp³-hybridized carbons (Fsp3) is 0.278. The average molecular weight is 371 g/mol. The first-order valence-electron chi connectivity index (χ1n) is 8.32. The lowest BCUT2D eigenvalue weighted by Gasteiger charge is -2.15. The van der Waals surface area contributed by atoms with Crippen molar-refractivity contribution in [1.82, 2.24) is 20.1 Å². The van der Waals surface area contributed by atoms with Crippen LogP contribution < -0.4 is 10.6 Å². The Kier molecular flexibility index (Phi) is 4.52. The van der Waals surface area contributed by atoms with E-state index < -0.39 is 0 Å². The molecule has 0 saturated carbocycles. The van der Waals surface area contributed by atoms with Crippen molar-refractivity contribution >= 4 is 22.4 Å². The fourth-order valence-corrected chi connectivity index (χ4v) is 3.97.